The van der Waals surface area contributed by atoms with Crippen molar-refractivity contribution >= 4 is 47.7 Å². The SMILES string of the molecule is CCc1cc2c(-c3ccccc3CC)c(C)ccc2[cH-]1.[Cl][Zr+2][Cl].[c-]1cccc2c1[Si]c1ccccc1-2. The molecular formula is C32H28Cl2SiZr. The molecule has 0 aromatic heterocycles. The van der Waals surface area contributed by atoms with Crippen LogP contribution in [0.1, 0.15) is 30.5 Å². The van der Waals surface area contributed by atoms with Gasteiger partial charge in [-0.15, -0.1) is 40.1 Å². The molecule has 36 heavy (non-hydrogen) atoms. The quantitative estimate of drug-likeness (QED) is 0.142. The third-order valence-electron chi connectivity index (χ3n) is 6.57. The molecule has 0 N–H and O–H groups in total. The summed E-state index contributed by atoms with van der Waals surface area (Å²) < 4.78 is 0. The standard InChI is InChI=1S/C20H21.C12H7Si.2ClH.Zr/c1-4-15-12-17-11-10-14(3)20(19(17)13-15)18-9-7-6-8-16(18)5-2;1-3-7-11-9(5-1)10-6-2-4-8-12(10)13-11;;;/h6-13H,4-5H2,1-3H3;1-7H;2*1H;/q2*-1;;;+4/p-2. The molecular weight excluding hydrogens is 575 g/mol. The summed E-state index contributed by atoms with van der Waals surface area (Å²) in [7, 11) is 10.7. The van der Waals surface area contributed by atoms with Crippen molar-refractivity contribution in [2.24, 2.45) is 0 Å². The van der Waals surface area contributed by atoms with Crippen molar-refractivity contribution in [3.8, 4) is 22.3 Å². The van der Waals surface area contributed by atoms with Crippen molar-refractivity contribution < 1.29 is 20.8 Å². The third-order valence-corrected chi connectivity index (χ3v) is 7.94. The molecule has 0 saturated carbocycles. The number of hydrogen-bond acceptors (Lipinski definition) is 0. The molecule has 5 aromatic rings. The van der Waals surface area contributed by atoms with Crippen LogP contribution in [0.4, 0.5) is 0 Å². The molecule has 0 spiro atoms. The Kier molecular flexibility index (Phi) is 9.91. The Morgan fingerprint density at radius 3 is 2.28 bits per heavy atom. The topological polar surface area (TPSA) is 0 Å². The molecule has 2 radical (unpaired) electrons. The largest absolute Gasteiger partial charge is 0.184 e. The van der Waals surface area contributed by atoms with Gasteiger partial charge in [-0.05, 0) is 30.9 Å². The first-order valence-electron chi connectivity index (χ1n) is 12.2. The average Bonchev–Trinajstić information content (AvgIpc) is 3.51. The molecule has 0 aliphatic carbocycles. The van der Waals surface area contributed by atoms with E-state index in [1.54, 1.807) is 0 Å². The van der Waals surface area contributed by atoms with Gasteiger partial charge in [0.25, 0.3) is 0 Å². The van der Waals surface area contributed by atoms with E-state index in [0.29, 0.717) is 0 Å². The van der Waals surface area contributed by atoms with E-state index in [2.05, 4.69) is 112 Å². The number of aryl methyl sites for hydroxylation is 3. The Morgan fingerprint density at radius 2 is 1.53 bits per heavy atom. The van der Waals surface area contributed by atoms with E-state index in [4.69, 9.17) is 17.0 Å². The normalized spacial score (nSPS) is 10.9. The van der Waals surface area contributed by atoms with Gasteiger partial charge in [0, 0.05) is 0 Å². The van der Waals surface area contributed by atoms with Crippen LogP contribution in [0.25, 0.3) is 33.0 Å². The first-order chi connectivity index (χ1) is 17.6. The van der Waals surface area contributed by atoms with Crippen LogP contribution < -0.4 is 10.4 Å². The van der Waals surface area contributed by atoms with E-state index in [1.807, 2.05) is 6.07 Å². The summed E-state index contributed by atoms with van der Waals surface area (Å²) in [6, 6.07) is 36.2. The van der Waals surface area contributed by atoms with Gasteiger partial charge in [-0.3, -0.25) is 0 Å². The van der Waals surface area contributed by atoms with Crippen molar-refractivity contribution in [2.45, 2.75) is 33.6 Å². The zero-order valence-corrected chi connectivity index (χ0v) is 25.8. The predicted octanol–water partition coefficient (Wildman–Crippen LogP) is 8.16. The molecule has 0 bridgehead atoms. The maximum Gasteiger partial charge on any atom is 0.0920 e. The smallest absolute Gasteiger partial charge is 0.0920 e. The minimum absolute atomic E-state index is 0.795. The van der Waals surface area contributed by atoms with Gasteiger partial charge in [-0.2, -0.15) is 35.5 Å². The van der Waals surface area contributed by atoms with Crippen LogP contribution in [0.5, 0.6) is 0 Å². The second-order valence-corrected chi connectivity index (χ2v) is 13.7. The van der Waals surface area contributed by atoms with Crippen molar-refractivity contribution in [3.63, 3.8) is 0 Å². The van der Waals surface area contributed by atoms with Gasteiger partial charge in [-0.1, -0.05) is 84.3 Å². The first-order valence-corrected chi connectivity index (χ1v) is 19.5. The maximum absolute atomic E-state index is 4.93. The molecule has 0 saturated heterocycles. The van der Waals surface area contributed by atoms with Crippen LogP contribution in [0, 0.1) is 13.0 Å². The molecule has 6 rings (SSSR count). The molecule has 178 valence electrons. The summed E-state index contributed by atoms with van der Waals surface area (Å²) in [6.07, 6.45) is 2.18. The van der Waals surface area contributed by atoms with Crippen molar-refractivity contribution in [1.82, 2.24) is 0 Å². The fourth-order valence-corrected chi connectivity index (χ4v) is 6.12. The Labute approximate surface area is 236 Å². The minimum Gasteiger partial charge on any atom is -0.184 e. The van der Waals surface area contributed by atoms with Crippen LogP contribution in [0.15, 0.2) is 91.0 Å². The van der Waals surface area contributed by atoms with Crippen LogP contribution in [0.2, 0.25) is 0 Å². The summed E-state index contributed by atoms with van der Waals surface area (Å²) >= 11 is -0.826. The molecule has 1 aliphatic heterocycles. The fourth-order valence-electron chi connectivity index (χ4n) is 4.81. The molecule has 0 nitrogen and oxygen atoms in total. The molecule has 1 heterocycles. The Hall–Kier alpha value is -1.83. The summed E-state index contributed by atoms with van der Waals surface area (Å²) in [4.78, 5) is 0. The average molecular weight is 603 g/mol. The van der Waals surface area contributed by atoms with Crippen molar-refractivity contribution in [1.29, 1.82) is 0 Å². The minimum atomic E-state index is -0.826. The van der Waals surface area contributed by atoms with Crippen LogP contribution in [-0.2, 0) is 33.7 Å². The van der Waals surface area contributed by atoms with E-state index >= 15 is 0 Å². The zero-order valence-electron chi connectivity index (χ0n) is 20.8. The van der Waals surface area contributed by atoms with Gasteiger partial charge in [-0.25, -0.2) is 0 Å². The van der Waals surface area contributed by atoms with Gasteiger partial charge in [0.2, 0.25) is 0 Å². The molecule has 0 fully saturated rings. The second kappa shape index (κ2) is 13.1. The van der Waals surface area contributed by atoms with E-state index < -0.39 is 20.8 Å². The summed E-state index contributed by atoms with van der Waals surface area (Å²) in [5.41, 5.74) is 9.81. The molecule has 5 aromatic carbocycles. The van der Waals surface area contributed by atoms with E-state index in [-0.39, 0.29) is 0 Å². The molecule has 1 aliphatic rings. The van der Waals surface area contributed by atoms with Gasteiger partial charge in [0.15, 0.2) is 0 Å². The number of halogens is 2. The number of hydrogen-bond donors (Lipinski definition) is 0. The van der Waals surface area contributed by atoms with Crippen LogP contribution in [0.3, 0.4) is 0 Å². The Morgan fingerprint density at radius 1 is 0.833 bits per heavy atom. The van der Waals surface area contributed by atoms with Gasteiger partial charge >= 0.3 is 37.9 Å². The van der Waals surface area contributed by atoms with Gasteiger partial charge in [0.05, 0.1) is 9.52 Å². The number of benzene rings is 4. The van der Waals surface area contributed by atoms with E-state index in [1.165, 1.54) is 60.1 Å². The monoisotopic (exact) mass is 600 g/mol. The summed E-state index contributed by atoms with van der Waals surface area (Å²) in [5, 5.41) is 5.60. The molecule has 0 amide bonds. The van der Waals surface area contributed by atoms with Crippen molar-refractivity contribution in [2.75, 3.05) is 0 Å². The predicted molar refractivity (Wildman–Crippen MR) is 156 cm³/mol. The van der Waals surface area contributed by atoms with Crippen LogP contribution >= 0.6 is 17.0 Å². The van der Waals surface area contributed by atoms with Crippen LogP contribution in [-0.4, -0.2) is 9.52 Å². The molecule has 0 unspecified atom stereocenters. The summed E-state index contributed by atoms with van der Waals surface area (Å²) in [6.45, 7) is 6.68. The zero-order chi connectivity index (χ0) is 25.5. The number of rotatable bonds is 3. The number of fused-ring (bicyclic) bond motifs is 4. The second-order valence-electron chi connectivity index (χ2n) is 8.69. The van der Waals surface area contributed by atoms with E-state index in [0.717, 1.165) is 22.4 Å². The molecule has 4 heteroatoms. The Balaban J connectivity index is 0.000000163. The summed E-state index contributed by atoms with van der Waals surface area (Å²) in [5.74, 6) is 0. The Bertz CT molecular complexity index is 1410. The van der Waals surface area contributed by atoms with Gasteiger partial charge < -0.3 is 0 Å². The van der Waals surface area contributed by atoms with E-state index in [9.17, 15) is 0 Å². The third kappa shape index (κ3) is 6.00. The van der Waals surface area contributed by atoms with Crippen molar-refractivity contribution in [3.05, 3.63) is 114 Å². The van der Waals surface area contributed by atoms with Gasteiger partial charge in [0.1, 0.15) is 0 Å². The molecule has 0 atom stereocenters. The maximum atomic E-state index is 4.93. The fraction of sp³-hybridized carbons (Fsp3) is 0.156. The first kappa shape index (κ1) is 27.2.